The lowest BCUT2D eigenvalue weighted by Crippen LogP contribution is -2.62. The molecule has 0 heterocycles. The average molecular weight is 733 g/mol. The maximum absolute atomic E-state index is 2.96. The molecule has 0 radical (unpaired) electrons. The average Bonchev–Trinajstić information content (AvgIpc) is 3.24. The van der Waals surface area contributed by atoms with E-state index in [9.17, 15) is 0 Å². The smallest absolute Gasteiger partial charge is 0.0624 e. The van der Waals surface area contributed by atoms with Gasteiger partial charge in [-0.05, 0) is 44.4 Å². The second kappa shape index (κ2) is 18.0. The molecule has 0 unspecified atom stereocenters. The molecule has 6 aliphatic carbocycles. The molecule has 0 amide bonds. The number of rotatable bonds is 10. The maximum Gasteiger partial charge on any atom is 0.0966 e. The van der Waals surface area contributed by atoms with Crippen LogP contribution in [0, 0.1) is 0 Å². The Bertz CT molecular complexity index is 1300. The highest BCUT2D eigenvalue weighted by atomic mass is 28.3. The molecule has 0 N–H and O–H groups in total. The van der Waals surface area contributed by atoms with Crippen LogP contribution in [0.25, 0.3) is 11.3 Å². The van der Waals surface area contributed by atoms with E-state index < -0.39 is 16.1 Å². The Morgan fingerprint density at radius 2 is 0.692 bits per heavy atom. The molecule has 2 aromatic rings. The third-order valence-corrected chi connectivity index (χ3v) is 31.2. The van der Waals surface area contributed by atoms with E-state index in [0.717, 1.165) is 33.2 Å². The first-order valence-corrected chi connectivity index (χ1v) is 28.2. The van der Waals surface area contributed by atoms with Crippen LogP contribution in [0.1, 0.15) is 204 Å². The molecule has 0 aliphatic heterocycles. The fourth-order valence-corrected chi connectivity index (χ4v) is 32.2. The topological polar surface area (TPSA) is 0 Å². The fraction of sp³-hybridized carbons (Fsp3) is 0.720. The van der Waals surface area contributed by atoms with Crippen molar-refractivity contribution in [3.63, 3.8) is 0 Å². The van der Waals surface area contributed by atoms with Gasteiger partial charge in [-0.15, -0.1) is 0 Å². The zero-order chi connectivity index (χ0) is 35.1. The van der Waals surface area contributed by atoms with Crippen LogP contribution in [0.15, 0.2) is 54.6 Å². The SMILES string of the molecule is C(=C(/c1ccccc1[Si](C1CCCCC1)(C1CCCCC1)C1CCCCC1)[Si](C1CCCCC1)(C1CCCCC1)C1CCCCC1)/c1ccccc1. The van der Waals surface area contributed by atoms with Gasteiger partial charge in [0.2, 0.25) is 0 Å². The van der Waals surface area contributed by atoms with Gasteiger partial charge < -0.3 is 0 Å². The van der Waals surface area contributed by atoms with Crippen molar-refractivity contribution in [3.8, 4) is 0 Å². The highest BCUT2D eigenvalue weighted by Gasteiger charge is 2.58. The molecular weight excluding hydrogens is 657 g/mol. The summed E-state index contributed by atoms with van der Waals surface area (Å²) in [5.41, 5.74) is 9.44. The van der Waals surface area contributed by atoms with E-state index >= 15 is 0 Å². The van der Waals surface area contributed by atoms with Crippen molar-refractivity contribution in [2.24, 2.45) is 0 Å². The van der Waals surface area contributed by atoms with Crippen molar-refractivity contribution in [2.45, 2.75) is 226 Å². The van der Waals surface area contributed by atoms with Gasteiger partial charge >= 0.3 is 0 Å². The van der Waals surface area contributed by atoms with Gasteiger partial charge in [0, 0.05) is 0 Å². The van der Waals surface area contributed by atoms with Gasteiger partial charge in [-0.25, -0.2) is 0 Å². The summed E-state index contributed by atoms with van der Waals surface area (Å²) in [6.45, 7) is 0. The van der Waals surface area contributed by atoms with Crippen molar-refractivity contribution >= 4 is 32.6 Å². The number of hydrogen-bond acceptors (Lipinski definition) is 0. The van der Waals surface area contributed by atoms with Crippen molar-refractivity contribution in [1.29, 1.82) is 0 Å². The minimum atomic E-state index is -2.02. The van der Waals surface area contributed by atoms with E-state index in [4.69, 9.17) is 0 Å². The first-order chi connectivity index (χ1) is 25.8. The second-order valence-corrected chi connectivity index (χ2v) is 29.1. The lowest BCUT2D eigenvalue weighted by atomic mass is 9.98. The van der Waals surface area contributed by atoms with Gasteiger partial charge in [-0.3, -0.25) is 0 Å². The molecule has 0 saturated heterocycles. The zero-order valence-electron chi connectivity index (χ0n) is 33.5. The van der Waals surface area contributed by atoms with Gasteiger partial charge in [-0.1, -0.05) is 264 Å². The van der Waals surface area contributed by atoms with Crippen LogP contribution >= 0.6 is 0 Å². The molecule has 2 aromatic carbocycles. The Balaban J connectivity index is 1.42. The molecule has 2 heteroatoms. The van der Waals surface area contributed by atoms with E-state index in [1.807, 2.05) is 10.8 Å². The predicted octanol–water partition coefficient (Wildman–Crippen LogP) is 15.9. The van der Waals surface area contributed by atoms with Crippen molar-refractivity contribution < 1.29 is 0 Å². The van der Waals surface area contributed by atoms with Crippen molar-refractivity contribution in [3.05, 3.63) is 65.7 Å². The van der Waals surface area contributed by atoms with Crippen molar-refractivity contribution in [1.82, 2.24) is 0 Å². The fourth-order valence-electron chi connectivity index (χ4n) is 15.0. The molecule has 0 nitrogen and oxygen atoms in total. The largest absolute Gasteiger partial charge is 0.0966 e. The minimum Gasteiger partial charge on any atom is -0.0624 e. The third kappa shape index (κ3) is 7.45. The normalized spacial score (nSPS) is 25.3. The lowest BCUT2D eigenvalue weighted by Gasteiger charge is -2.57. The van der Waals surface area contributed by atoms with E-state index in [1.54, 1.807) is 77.0 Å². The van der Waals surface area contributed by atoms with Crippen LogP contribution in [0.4, 0.5) is 0 Å². The second-order valence-electron chi connectivity index (χ2n) is 19.4. The predicted molar refractivity (Wildman–Crippen MR) is 233 cm³/mol. The molecule has 52 heavy (non-hydrogen) atoms. The summed E-state index contributed by atoms with van der Waals surface area (Å²) >= 11 is 0. The monoisotopic (exact) mass is 733 g/mol. The van der Waals surface area contributed by atoms with Gasteiger partial charge in [-0.2, -0.15) is 0 Å². The van der Waals surface area contributed by atoms with Crippen LogP contribution in [-0.4, -0.2) is 16.1 Å². The Morgan fingerprint density at radius 3 is 1.08 bits per heavy atom. The van der Waals surface area contributed by atoms with E-state index in [0.29, 0.717) is 0 Å². The first-order valence-electron chi connectivity index (χ1n) is 23.7. The van der Waals surface area contributed by atoms with Gasteiger partial charge in [0.1, 0.15) is 0 Å². The van der Waals surface area contributed by atoms with Crippen LogP contribution in [0.2, 0.25) is 33.2 Å². The van der Waals surface area contributed by atoms with Gasteiger partial charge in [0.25, 0.3) is 0 Å². The summed E-state index contributed by atoms with van der Waals surface area (Å²) in [4.78, 5) is 0. The summed E-state index contributed by atoms with van der Waals surface area (Å²) < 4.78 is 0. The van der Waals surface area contributed by atoms with Gasteiger partial charge in [0.15, 0.2) is 0 Å². The summed E-state index contributed by atoms with van der Waals surface area (Å²) in [5, 5.41) is 4.10. The van der Waals surface area contributed by atoms with E-state index in [2.05, 4.69) is 65.9 Å². The molecule has 0 atom stereocenters. The molecular formula is C50H76Si2. The molecule has 6 saturated carbocycles. The number of benzene rings is 2. The highest BCUT2D eigenvalue weighted by molar-refractivity contribution is 7.02. The summed E-state index contributed by atoms with van der Waals surface area (Å²) in [6, 6.07) is 22.8. The quantitative estimate of drug-likeness (QED) is 0.169. The first kappa shape index (κ1) is 37.5. The summed E-state index contributed by atoms with van der Waals surface area (Å²) in [6.07, 6.45) is 48.6. The molecule has 6 fully saturated rings. The van der Waals surface area contributed by atoms with Crippen molar-refractivity contribution in [2.75, 3.05) is 0 Å². The van der Waals surface area contributed by atoms with E-state index in [1.165, 1.54) is 121 Å². The zero-order valence-corrected chi connectivity index (χ0v) is 35.5. The lowest BCUT2D eigenvalue weighted by molar-refractivity contribution is 0.420. The maximum atomic E-state index is 2.96. The molecule has 0 aromatic heterocycles. The molecule has 6 aliphatic rings. The van der Waals surface area contributed by atoms with Crippen LogP contribution in [0.5, 0.6) is 0 Å². The Kier molecular flexibility index (Phi) is 13.0. The Hall–Kier alpha value is -1.39. The molecule has 0 spiro atoms. The Morgan fingerprint density at radius 1 is 0.365 bits per heavy atom. The third-order valence-electron chi connectivity index (χ3n) is 16.9. The van der Waals surface area contributed by atoms with Gasteiger partial charge in [0.05, 0.1) is 16.1 Å². The summed E-state index contributed by atoms with van der Waals surface area (Å²) in [5.74, 6) is 0. The summed E-state index contributed by atoms with van der Waals surface area (Å²) in [7, 11) is -3.96. The highest BCUT2D eigenvalue weighted by Crippen LogP contribution is 2.63. The van der Waals surface area contributed by atoms with Crippen LogP contribution in [-0.2, 0) is 0 Å². The number of hydrogen-bond donors (Lipinski definition) is 0. The molecule has 284 valence electrons. The Labute approximate surface area is 322 Å². The minimum absolute atomic E-state index is 0.991. The molecule has 8 rings (SSSR count). The van der Waals surface area contributed by atoms with Crippen LogP contribution < -0.4 is 5.19 Å². The standard InChI is InChI=1S/C50H76Si2/c1-8-24-41(25-9-1)40-50(52(45-32-16-5-17-33-45,46-34-18-6-19-35-46)47-36-20-7-21-37-47)48-38-22-23-39-49(48)51(42-26-10-2-11-27-42,43-28-12-3-13-29-43)44-30-14-4-15-31-44/h1,8-9,22-25,38-40,42-47H,2-7,10-21,26-37H2/b50-40+. The van der Waals surface area contributed by atoms with Crippen LogP contribution in [0.3, 0.4) is 0 Å². The molecule has 0 bridgehead atoms. The van der Waals surface area contributed by atoms with E-state index in [-0.39, 0.29) is 0 Å².